The third-order valence-electron chi connectivity index (χ3n) is 4.06. The van der Waals surface area contributed by atoms with Crippen molar-refractivity contribution < 1.29 is 19.4 Å². The second-order valence-corrected chi connectivity index (χ2v) is 6.13. The van der Waals surface area contributed by atoms with Gasteiger partial charge in [-0.1, -0.05) is 26.0 Å². The summed E-state index contributed by atoms with van der Waals surface area (Å²) in [4.78, 5) is 22.7. The first kappa shape index (κ1) is 16.3. The van der Waals surface area contributed by atoms with E-state index in [2.05, 4.69) is 19.2 Å². The van der Waals surface area contributed by atoms with Crippen LogP contribution in [0, 0.1) is 5.92 Å². The highest BCUT2D eigenvalue weighted by Crippen LogP contribution is 2.25. The van der Waals surface area contributed by atoms with E-state index in [-0.39, 0.29) is 24.5 Å². The molecule has 0 spiro atoms. The van der Waals surface area contributed by atoms with Gasteiger partial charge in [-0.3, -0.25) is 9.59 Å². The Bertz CT molecular complexity index is 524. The van der Waals surface area contributed by atoms with E-state index in [0.717, 1.165) is 0 Å². The molecule has 0 aromatic heterocycles. The van der Waals surface area contributed by atoms with Crippen LogP contribution >= 0.6 is 0 Å². The first-order valence-corrected chi connectivity index (χ1v) is 7.70. The van der Waals surface area contributed by atoms with Gasteiger partial charge in [-0.05, 0) is 42.9 Å². The van der Waals surface area contributed by atoms with E-state index < -0.39 is 5.97 Å². The molecule has 120 valence electrons. The molecule has 2 N–H and O–H groups in total. The average molecular weight is 305 g/mol. The van der Waals surface area contributed by atoms with Gasteiger partial charge in [0.25, 0.3) is 5.91 Å². The topological polar surface area (TPSA) is 75.6 Å². The third kappa shape index (κ3) is 4.48. The zero-order chi connectivity index (χ0) is 16.1. The Morgan fingerprint density at radius 1 is 1.27 bits per heavy atom. The molecule has 1 aliphatic rings. The van der Waals surface area contributed by atoms with Crippen molar-refractivity contribution in [1.29, 1.82) is 0 Å². The van der Waals surface area contributed by atoms with Crippen LogP contribution in [0.15, 0.2) is 24.3 Å². The molecular formula is C17H23NO4. The quantitative estimate of drug-likeness (QED) is 0.847. The van der Waals surface area contributed by atoms with Crippen molar-refractivity contribution in [3.05, 3.63) is 29.8 Å². The highest BCUT2D eigenvalue weighted by molar-refractivity contribution is 5.78. The van der Waals surface area contributed by atoms with Crippen LogP contribution in [0.25, 0.3) is 0 Å². The summed E-state index contributed by atoms with van der Waals surface area (Å²) in [6.45, 7) is 4.19. The van der Waals surface area contributed by atoms with Crippen molar-refractivity contribution >= 4 is 11.9 Å². The van der Waals surface area contributed by atoms with Gasteiger partial charge in [0.1, 0.15) is 5.75 Å². The molecule has 1 amide bonds. The highest BCUT2D eigenvalue weighted by atomic mass is 16.5. The van der Waals surface area contributed by atoms with Crippen LogP contribution in [0.1, 0.15) is 44.6 Å². The first-order chi connectivity index (χ1) is 10.5. The first-order valence-electron chi connectivity index (χ1n) is 7.70. The van der Waals surface area contributed by atoms with Gasteiger partial charge in [0.2, 0.25) is 0 Å². The lowest BCUT2D eigenvalue weighted by atomic mass is 10.0. The van der Waals surface area contributed by atoms with E-state index in [9.17, 15) is 9.59 Å². The number of aliphatic carboxylic acids is 1. The van der Waals surface area contributed by atoms with Gasteiger partial charge in [0.15, 0.2) is 6.61 Å². The lowest BCUT2D eigenvalue weighted by Crippen LogP contribution is -2.36. The second-order valence-electron chi connectivity index (χ2n) is 6.13. The minimum absolute atomic E-state index is 0.0464. The average Bonchev–Trinajstić information content (AvgIpc) is 2.94. The predicted molar refractivity (Wildman–Crippen MR) is 82.9 cm³/mol. The molecule has 1 aromatic rings. The molecule has 0 aliphatic heterocycles. The van der Waals surface area contributed by atoms with E-state index in [0.29, 0.717) is 30.9 Å². The Morgan fingerprint density at radius 2 is 1.95 bits per heavy atom. The maximum absolute atomic E-state index is 11.8. The standard InChI is InChI=1S/C17H23NO4/c1-11(2)12-4-7-15(8-5-12)22-10-16(19)18-14-6-3-13(9-14)17(20)21/h4-5,7-8,11,13-14H,3,6,9-10H2,1-2H3,(H,18,19)(H,20,21)/t13-,14+/m1/s1. The number of carbonyl (C=O) groups excluding carboxylic acids is 1. The Kier molecular flexibility index (Phi) is 5.41. The number of hydrogen-bond acceptors (Lipinski definition) is 3. The fourth-order valence-corrected chi connectivity index (χ4v) is 2.70. The number of rotatable bonds is 6. The fraction of sp³-hybridized carbons (Fsp3) is 0.529. The smallest absolute Gasteiger partial charge is 0.306 e. The van der Waals surface area contributed by atoms with Crippen LogP contribution in [0.5, 0.6) is 5.75 Å². The number of hydrogen-bond donors (Lipinski definition) is 2. The van der Waals surface area contributed by atoms with Crippen molar-refractivity contribution in [2.24, 2.45) is 5.92 Å². The monoisotopic (exact) mass is 305 g/mol. The molecule has 0 saturated heterocycles. The molecule has 22 heavy (non-hydrogen) atoms. The summed E-state index contributed by atoms with van der Waals surface area (Å²) in [5, 5.41) is 11.8. The number of carboxylic acids is 1. The normalized spacial score (nSPS) is 20.9. The summed E-state index contributed by atoms with van der Waals surface area (Å²) in [6, 6.07) is 7.65. The molecule has 5 heteroatoms. The lowest BCUT2D eigenvalue weighted by molar-refractivity contribution is -0.141. The van der Waals surface area contributed by atoms with Crippen molar-refractivity contribution in [3.63, 3.8) is 0 Å². The predicted octanol–water partition coefficient (Wildman–Crippen LogP) is 2.56. The summed E-state index contributed by atoms with van der Waals surface area (Å²) >= 11 is 0. The molecule has 2 rings (SSSR count). The molecule has 0 heterocycles. The molecule has 0 unspecified atom stereocenters. The van der Waals surface area contributed by atoms with Crippen LogP contribution < -0.4 is 10.1 Å². The maximum Gasteiger partial charge on any atom is 0.306 e. The molecule has 1 saturated carbocycles. The fourth-order valence-electron chi connectivity index (χ4n) is 2.70. The van der Waals surface area contributed by atoms with Gasteiger partial charge in [0.05, 0.1) is 5.92 Å². The van der Waals surface area contributed by atoms with Crippen molar-refractivity contribution in [1.82, 2.24) is 5.32 Å². The van der Waals surface area contributed by atoms with Crippen molar-refractivity contribution in [3.8, 4) is 5.75 Å². The van der Waals surface area contributed by atoms with Crippen molar-refractivity contribution in [2.45, 2.75) is 45.1 Å². The molecule has 0 radical (unpaired) electrons. The number of nitrogens with one attached hydrogen (secondary N) is 1. The molecule has 1 fully saturated rings. The van der Waals surface area contributed by atoms with Gasteiger partial charge >= 0.3 is 5.97 Å². The van der Waals surface area contributed by atoms with Gasteiger partial charge in [-0.25, -0.2) is 0 Å². The third-order valence-corrected chi connectivity index (χ3v) is 4.06. The molecule has 1 aromatic carbocycles. The van der Waals surface area contributed by atoms with E-state index in [1.165, 1.54) is 5.56 Å². The molecule has 5 nitrogen and oxygen atoms in total. The summed E-state index contributed by atoms with van der Waals surface area (Å²) < 4.78 is 5.46. The van der Waals surface area contributed by atoms with Gasteiger partial charge < -0.3 is 15.2 Å². The SMILES string of the molecule is CC(C)c1ccc(OCC(=O)N[C@H]2CC[C@@H](C(=O)O)C2)cc1. The van der Waals surface area contributed by atoms with Crippen LogP contribution in [0.3, 0.4) is 0 Å². The van der Waals surface area contributed by atoms with Crippen LogP contribution in [-0.2, 0) is 9.59 Å². The van der Waals surface area contributed by atoms with E-state index in [1.54, 1.807) is 0 Å². The Balaban J connectivity index is 1.75. The number of carbonyl (C=O) groups is 2. The lowest BCUT2D eigenvalue weighted by Gasteiger charge is -2.13. The number of benzene rings is 1. The Morgan fingerprint density at radius 3 is 2.50 bits per heavy atom. The molecule has 1 aliphatic carbocycles. The number of ether oxygens (including phenoxy) is 1. The number of carboxylic acid groups (broad SMARTS) is 1. The summed E-state index contributed by atoms with van der Waals surface area (Å²) in [7, 11) is 0. The zero-order valence-corrected chi connectivity index (χ0v) is 13.0. The van der Waals surface area contributed by atoms with Crippen LogP contribution in [0.2, 0.25) is 0 Å². The van der Waals surface area contributed by atoms with E-state index >= 15 is 0 Å². The summed E-state index contributed by atoms with van der Waals surface area (Å²) in [6.07, 6.45) is 1.84. The molecular weight excluding hydrogens is 282 g/mol. The van der Waals surface area contributed by atoms with E-state index in [1.807, 2.05) is 24.3 Å². The maximum atomic E-state index is 11.8. The Labute approximate surface area is 130 Å². The largest absolute Gasteiger partial charge is 0.484 e. The number of amides is 1. The minimum atomic E-state index is -0.779. The van der Waals surface area contributed by atoms with Gasteiger partial charge in [-0.2, -0.15) is 0 Å². The van der Waals surface area contributed by atoms with Crippen LogP contribution in [0.4, 0.5) is 0 Å². The van der Waals surface area contributed by atoms with Crippen molar-refractivity contribution in [2.75, 3.05) is 6.61 Å². The van der Waals surface area contributed by atoms with Gasteiger partial charge in [0, 0.05) is 6.04 Å². The zero-order valence-electron chi connectivity index (χ0n) is 13.0. The second kappa shape index (κ2) is 7.29. The summed E-state index contributed by atoms with van der Waals surface area (Å²) in [5.41, 5.74) is 1.22. The van der Waals surface area contributed by atoms with E-state index in [4.69, 9.17) is 9.84 Å². The molecule has 0 bridgehead atoms. The highest BCUT2D eigenvalue weighted by Gasteiger charge is 2.30. The van der Waals surface area contributed by atoms with Gasteiger partial charge in [-0.15, -0.1) is 0 Å². The Hall–Kier alpha value is -2.04. The molecule has 2 atom stereocenters. The van der Waals surface area contributed by atoms with Crippen LogP contribution in [-0.4, -0.2) is 29.6 Å². The summed E-state index contributed by atoms with van der Waals surface area (Å²) in [5.74, 6) is -0.201. The minimum Gasteiger partial charge on any atom is -0.484 e.